The lowest BCUT2D eigenvalue weighted by Crippen LogP contribution is -2.47. The van der Waals surface area contributed by atoms with E-state index in [0.29, 0.717) is 24.0 Å². The van der Waals surface area contributed by atoms with Gasteiger partial charge in [0, 0.05) is 43.4 Å². The number of anilines is 1. The molecule has 0 unspecified atom stereocenters. The van der Waals surface area contributed by atoms with Crippen LogP contribution >= 0.6 is 11.6 Å². The maximum atomic E-state index is 6.11. The number of hydrogen-bond donors (Lipinski definition) is 2. The largest absolute Gasteiger partial charge is 0.493 e. The van der Waals surface area contributed by atoms with Crippen LogP contribution in [0.5, 0.6) is 11.5 Å². The molecule has 1 fully saturated rings. The van der Waals surface area contributed by atoms with Gasteiger partial charge in [0.1, 0.15) is 0 Å². The van der Waals surface area contributed by atoms with Gasteiger partial charge in [-0.2, -0.15) is 0 Å². The lowest BCUT2D eigenvalue weighted by atomic mass is 10.2. The minimum Gasteiger partial charge on any atom is -0.493 e. The highest BCUT2D eigenvalue weighted by Gasteiger charge is 2.16. The second-order valence-electron chi connectivity index (χ2n) is 7.48. The molecule has 0 radical (unpaired) electrons. The molecule has 8 heteroatoms. The van der Waals surface area contributed by atoms with Crippen LogP contribution in [0, 0.1) is 0 Å². The van der Waals surface area contributed by atoms with Crippen molar-refractivity contribution in [3.63, 3.8) is 0 Å². The van der Waals surface area contributed by atoms with E-state index in [1.54, 1.807) is 14.2 Å². The molecular formula is C23H32ClN5O2. The molecule has 7 nitrogen and oxygen atoms in total. The number of piperazine rings is 1. The molecule has 31 heavy (non-hydrogen) atoms. The third kappa shape index (κ3) is 6.94. The summed E-state index contributed by atoms with van der Waals surface area (Å²) in [7, 11) is 3.24. The zero-order chi connectivity index (χ0) is 22.1. The highest BCUT2D eigenvalue weighted by molar-refractivity contribution is 6.30. The summed E-state index contributed by atoms with van der Waals surface area (Å²) < 4.78 is 10.6. The summed E-state index contributed by atoms with van der Waals surface area (Å²) >= 11 is 6.11. The fourth-order valence-electron chi connectivity index (χ4n) is 3.63. The quantitative estimate of drug-likeness (QED) is 0.351. The van der Waals surface area contributed by atoms with Crippen molar-refractivity contribution in [2.45, 2.75) is 13.0 Å². The van der Waals surface area contributed by atoms with Crippen LogP contribution in [0.3, 0.4) is 0 Å². The molecule has 0 bridgehead atoms. The van der Waals surface area contributed by atoms with E-state index in [4.69, 9.17) is 26.8 Å². The van der Waals surface area contributed by atoms with E-state index in [-0.39, 0.29) is 0 Å². The summed E-state index contributed by atoms with van der Waals surface area (Å²) in [6.07, 6.45) is 1.02. The van der Waals surface area contributed by atoms with Crippen molar-refractivity contribution in [1.29, 1.82) is 0 Å². The molecule has 0 atom stereocenters. The van der Waals surface area contributed by atoms with Gasteiger partial charge in [-0.25, -0.2) is 4.99 Å². The first-order valence-electron chi connectivity index (χ1n) is 10.6. The van der Waals surface area contributed by atoms with Crippen LogP contribution < -0.4 is 25.4 Å². The number of rotatable bonds is 9. The number of nitrogens with two attached hydrogens (primary N) is 1. The van der Waals surface area contributed by atoms with Crippen LogP contribution in [0.1, 0.15) is 12.0 Å². The predicted molar refractivity (Wildman–Crippen MR) is 128 cm³/mol. The molecule has 0 amide bonds. The standard InChI is InChI=1S/C23H32ClN5O2/c1-30-21-8-7-18(15-22(21)31-2)17-27-23(25)26-9-4-10-28-11-13-29(14-12-28)20-6-3-5-19(24)16-20/h3,5-8,15-16H,4,9-14,17H2,1-2H3,(H3,25,26,27). The van der Waals surface area contributed by atoms with Crippen molar-refractivity contribution in [3.05, 3.63) is 53.1 Å². The Morgan fingerprint density at radius 2 is 1.84 bits per heavy atom. The molecule has 168 valence electrons. The van der Waals surface area contributed by atoms with Gasteiger partial charge in [0.05, 0.1) is 20.8 Å². The third-order valence-electron chi connectivity index (χ3n) is 5.38. The lowest BCUT2D eigenvalue weighted by molar-refractivity contribution is 0.255. The average Bonchev–Trinajstić information content (AvgIpc) is 2.80. The van der Waals surface area contributed by atoms with E-state index in [1.165, 1.54) is 5.69 Å². The van der Waals surface area contributed by atoms with E-state index >= 15 is 0 Å². The van der Waals surface area contributed by atoms with Crippen LogP contribution in [-0.2, 0) is 6.54 Å². The Morgan fingerprint density at radius 3 is 2.55 bits per heavy atom. The van der Waals surface area contributed by atoms with Gasteiger partial charge in [-0.05, 0) is 48.9 Å². The Hall–Kier alpha value is -2.64. The summed E-state index contributed by atoms with van der Waals surface area (Å²) in [6, 6.07) is 13.8. The zero-order valence-electron chi connectivity index (χ0n) is 18.3. The van der Waals surface area contributed by atoms with E-state index in [2.05, 4.69) is 26.2 Å². The first-order chi connectivity index (χ1) is 15.1. The molecule has 3 N–H and O–H groups in total. The van der Waals surface area contributed by atoms with E-state index in [0.717, 1.165) is 56.3 Å². The maximum absolute atomic E-state index is 6.11. The molecule has 2 aromatic carbocycles. The molecule has 2 aromatic rings. The number of nitrogens with one attached hydrogen (secondary N) is 1. The molecule has 1 saturated heterocycles. The van der Waals surface area contributed by atoms with Gasteiger partial charge in [-0.3, -0.25) is 4.90 Å². The molecule has 1 aliphatic heterocycles. The van der Waals surface area contributed by atoms with Crippen LogP contribution in [0.2, 0.25) is 5.02 Å². The normalized spacial score (nSPS) is 15.1. The highest BCUT2D eigenvalue weighted by atomic mass is 35.5. The van der Waals surface area contributed by atoms with Crippen LogP contribution in [0.4, 0.5) is 5.69 Å². The molecule has 0 saturated carbocycles. The number of aliphatic imine (C=N–C) groups is 1. The Balaban J connectivity index is 1.34. The summed E-state index contributed by atoms with van der Waals surface area (Å²) in [4.78, 5) is 9.29. The molecular weight excluding hydrogens is 414 g/mol. The molecule has 1 heterocycles. The number of hydrogen-bond acceptors (Lipinski definition) is 5. The van der Waals surface area contributed by atoms with Crippen molar-refractivity contribution < 1.29 is 9.47 Å². The monoisotopic (exact) mass is 445 g/mol. The third-order valence-corrected chi connectivity index (χ3v) is 5.62. The van der Waals surface area contributed by atoms with Crippen molar-refractivity contribution in [2.75, 3.05) is 58.4 Å². The summed E-state index contributed by atoms with van der Waals surface area (Å²) in [5.41, 5.74) is 8.23. The molecule has 0 aromatic heterocycles. The molecule has 0 aliphatic carbocycles. The van der Waals surface area contributed by atoms with Gasteiger partial charge in [0.25, 0.3) is 0 Å². The Labute approximate surface area is 189 Å². The van der Waals surface area contributed by atoms with Crippen LogP contribution in [-0.4, -0.2) is 64.3 Å². The Bertz CT molecular complexity index is 869. The summed E-state index contributed by atoms with van der Waals surface area (Å²) in [5.74, 6) is 1.85. The first kappa shape index (κ1) is 23.0. The van der Waals surface area contributed by atoms with Crippen LogP contribution in [0.25, 0.3) is 0 Å². The summed E-state index contributed by atoms with van der Waals surface area (Å²) in [5, 5.41) is 3.99. The Kier molecular flexibility index (Phi) is 8.67. The van der Waals surface area contributed by atoms with Crippen molar-refractivity contribution >= 4 is 23.2 Å². The van der Waals surface area contributed by atoms with E-state index in [9.17, 15) is 0 Å². The first-order valence-corrected chi connectivity index (χ1v) is 10.9. The van der Waals surface area contributed by atoms with E-state index < -0.39 is 0 Å². The van der Waals surface area contributed by atoms with Gasteiger partial charge < -0.3 is 25.4 Å². The Morgan fingerprint density at radius 1 is 1.06 bits per heavy atom. The predicted octanol–water partition coefficient (Wildman–Crippen LogP) is 2.97. The minimum absolute atomic E-state index is 0.459. The minimum atomic E-state index is 0.459. The number of ether oxygens (including phenoxy) is 2. The zero-order valence-corrected chi connectivity index (χ0v) is 19.1. The fourth-order valence-corrected chi connectivity index (χ4v) is 3.82. The second-order valence-corrected chi connectivity index (χ2v) is 7.92. The number of halogens is 1. The topological polar surface area (TPSA) is 75.4 Å². The number of benzene rings is 2. The fraction of sp³-hybridized carbons (Fsp3) is 0.435. The molecule has 0 spiro atoms. The van der Waals surface area contributed by atoms with Gasteiger partial charge in [-0.15, -0.1) is 0 Å². The highest BCUT2D eigenvalue weighted by Crippen LogP contribution is 2.27. The van der Waals surface area contributed by atoms with Gasteiger partial charge in [0.2, 0.25) is 0 Å². The van der Waals surface area contributed by atoms with Crippen LogP contribution in [0.15, 0.2) is 47.5 Å². The average molecular weight is 446 g/mol. The second kappa shape index (κ2) is 11.7. The van der Waals surface area contributed by atoms with Gasteiger partial charge in [-0.1, -0.05) is 23.7 Å². The van der Waals surface area contributed by atoms with E-state index in [1.807, 2.05) is 36.4 Å². The van der Waals surface area contributed by atoms with Crippen molar-refractivity contribution in [1.82, 2.24) is 10.2 Å². The number of methoxy groups -OCH3 is 2. The number of guanidine groups is 1. The molecule has 3 rings (SSSR count). The van der Waals surface area contributed by atoms with Gasteiger partial charge in [0.15, 0.2) is 17.5 Å². The molecule has 1 aliphatic rings. The SMILES string of the molecule is COc1ccc(CN=C(N)NCCCN2CCN(c3cccc(Cl)c3)CC2)cc1OC. The number of nitrogens with zero attached hydrogens (tertiary/aromatic N) is 3. The smallest absolute Gasteiger partial charge is 0.188 e. The van der Waals surface area contributed by atoms with Gasteiger partial charge >= 0.3 is 0 Å². The lowest BCUT2D eigenvalue weighted by Gasteiger charge is -2.36. The summed E-state index contributed by atoms with van der Waals surface area (Å²) in [6.45, 7) is 6.47. The van der Waals surface area contributed by atoms with Crippen molar-refractivity contribution in [2.24, 2.45) is 10.7 Å². The van der Waals surface area contributed by atoms with Crippen molar-refractivity contribution in [3.8, 4) is 11.5 Å². The maximum Gasteiger partial charge on any atom is 0.188 e.